The van der Waals surface area contributed by atoms with Gasteiger partial charge in [-0.15, -0.1) is 24.9 Å². The van der Waals surface area contributed by atoms with Crippen LogP contribution in [0.4, 0.5) is 18.9 Å². The number of hydrogen-bond acceptors (Lipinski definition) is 4. The van der Waals surface area contributed by atoms with E-state index >= 15 is 0 Å². The van der Waals surface area contributed by atoms with Crippen LogP contribution in [0.3, 0.4) is 0 Å². The van der Waals surface area contributed by atoms with Gasteiger partial charge in [0, 0.05) is 21.9 Å². The molecule has 0 radical (unpaired) electrons. The SMILES string of the molecule is O=C(Nc1ccc(OC(F)(F)F)cc1)c1occc1CSc1ccccc1. The van der Waals surface area contributed by atoms with Crippen molar-refractivity contribution in [2.45, 2.75) is 17.0 Å². The average molecular weight is 393 g/mol. The largest absolute Gasteiger partial charge is 0.573 e. The van der Waals surface area contributed by atoms with Gasteiger partial charge in [0.2, 0.25) is 0 Å². The van der Waals surface area contributed by atoms with Crippen LogP contribution in [0.2, 0.25) is 0 Å². The van der Waals surface area contributed by atoms with Gasteiger partial charge in [-0.05, 0) is 42.5 Å². The van der Waals surface area contributed by atoms with Crippen molar-refractivity contribution < 1.29 is 27.1 Å². The average Bonchev–Trinajstić information content (AvgIpc) is 3.10. The maximum absolute atomic E-state index is 12.4. The van der Waals surface area contributed by atoms with Crippen molar-refractivity contribution in [3.63, 3.8) is 0 Å². The number of halogens is 3. The minimum Gasteiger partial charge on any atom is -0.459 e. The lowest BCUT2D eigenvalue weighted by Gasteiger charge is -2.10. The molecule has 0 fully saturated rings. The summed E-state index contributed by atoms with van der Waals surface area (Å²) in [7, 11) is 0. The quantitative estimate of drug-likeness (QED) is 0.544. The molecule has 1 N–H and O–H groups in total. The van der Waals surface area contributed by atoms with Gasteiger partial charge in [-0.3, -0.25) is 4.79 Å². The first kappa shape index (κ1) is 18.9. The van der Waals surface area contributed by atoms with E-state index in [0.717, 1.165) is 22.6 Å². The molecule has 0 bridgehead atoms. The summed E-state index contributed by atoms with van der Waals surface area (Å²) < 4.78 is 45.6. The molecule has 1 amide bonds. The van der Waals surface area contributed by atoms with Gasteiger partial charge in [0.1, 0.15) is 5.75 Å². The Kier molecular flexibility index (Phi) is 5.75. The van der Waals surface area contributed by atoms with Crippen LogP contribution >= 0.6 is 11.8 Å². The summed E-state index contributed by atoms with van der Waals surface area (Å²) in [6, 6.07) is 16.3. The van der Waals surface area contributed by atoms with Crippen LogP contribution in [0, 0.1) is 0 Å². The van der Waals surface area contributed by atoms with Crippen molar-refractivity contribution in [1.29, 1.82) is 0 Å². The second-order valence-electron chi connectivity index (χ2n) is 5.40. The fraction of sp³-hybridized carbons (Fsp3) is 0.105. The van der Waals surface area contributed by atoms with Crippen molar-refractivity contribution in [2.24, 2.45) is 0 Å². The fourth-order valence-corrected chi connectivity index (χ4v) is 3.15. The Bertz CT molecular complexity index is 893. The van der Waals surface area contributed by atoms with Crippen LogP contribution in [0.1, 0.15) is 16.1 Å². The van der Waals surface area contributed by atoms with E-state index in [1.165, 1.54) is 18.4 Å². The van der Waals surface area contributed by atoms with Crippen LogP contribution in [0.15, 0.2) is 76.2 Å². The first-order valence-electron chi connectivity index (χ1n) is 7.82. The second-order valence-corrected chi connectivity index (χ2v) is 6.45. The molecule has 0 aliphatic carbocycles. The molecule has 0 saturated carbocycles. The van der Waals surface area contributed by atoms with Crippen molar-refractivity contribution in [1.82, 2.24) is 0 Å². The third-order valence-corrected chi connectivity index (χ3v) is 4.50. The molecule has 1 aromatic heterocycles. The number of alkyl halides is 3. The number of hydrogen-bond donors (Lipinski definition) is 1. The van der Waals surface area contributed by atoms with Crippen LogP contribution in [0.5, 0.6) is 5.75 Å². The number of nitrogens with one attached hydrogen (secondary N) is 1. The van der Waals surface area contributed by atoms with Crippen molar-refractivity contribution in [3.8, 4) is 5.75 Å². The van der Waals surface area contributed by atoms with E-state index in [9.17, 15) is 18.0 Å². The molecule has 8 heteroatoms. The lowest BCUT2D eigenvalue weighted by Crippen LogP contribution is -2.17. The first-order valence-corrected chi connectivity index (χ1v) is 8.81. The maximum Gasteiger partial charge on any atom is 0.573 e. The third-order valence-electron chi connectivity index (χ3n) is 3.44. The molecule has 4 nitrogen and oxygen atoms in total. The Hall–Kier alpha value is -2.87. The maximum atomic E-state index is 12.4. The standard InChI is InChI=1S/C19H14F3NO3S/c20-19(21,22)26-15-8-6-14(7-9-15)23-18(24)17-13(10-11-25-17)12-27-16-4-2-1-3-5-16/h1-11H,12H2,(H,23,24). The number of thioether (sulfide) groups is 1. The molecule has 0 atom stereocenters. The first-order chi connectivity index (χ1) is 12.9. The monoisotopic (exact) mass is 393 g/mol. The molecule has 140 valence electrons. The predicted molar refractivity (Wildman–Crippen MR) is 95.8 cm³/mol. The van der Waals surface area contributed by atoms with E-state index < -0.39 is 12.3 Å². The van der Waals surface area contributed by atoms with Gasteiger partial charge in [-0.2, -0.15) is 0 Å². The van der Waals surface area contributed by atoms with Gasteiger partial charge >= 0.3 is 6.36 Å². The molecule has 0 unspecified atom stereocenters. The number of furan rings is 1. The molecule has 0 spiro atoms. The van der Waals surface area contributed by atoms with E-state index in [1.807, 2.05) is 30.3 Å². The van der Waals surface area contributed by atoms with Gasteiger partial charge in [0.05, 0.1) is 6.26 Å². The van der Waals surface area contributed by atoms with Crippen molar-refractivity contribution in [3.05, 3.63) is 78.3 Å². The van der Waals surface area contributed by atoms with Gasteiger partial charge in [-0.1, -0.05) is 18.2 Å². The number of benzene rings is 2. The smallest absolute Gasteiger partial charge is 0.459 e. The summed E-state index contributed by atoms with van der Waals surface area (Å²) in [5.74, 6) is -0.137. The van der Waals surface area contributed by atoms with Crippen LogP contribution in [-0.2, 0) is 5.75 Å². The number of ether oxygens (including phenoxy) is 1. The molecule has 0 aliphatic rings. The Morgan fingerprint density at radius 1 is 1.04 bits per heavy atom. The van der Waals surface area contributed by atoms with Gasteiger partial charge in [0.15, 0.2) is 5.76 Å². The lowest BCUT2D eigenvalue weighted by molar-refractivity contribution is -0.274. The summed E-state index contributed by atoms with van der Waals surface area (Å²) in [4.78, 5) is 13.5. The molecule has 3 aromatic rings. The summed E-state index contributed by atoms with van der Waals surface area (Å²) in [5, 5.41) is 2.59. The Morgan fingerprint density at radius 2 is 1.74 bits per heavy atom. The molecule has 3 rings (SSSR count). The van der Waals surface area contributed by atoms with Crippen molar-refractivity contribution in [2.75, 3.05) is 5.32 Å². The van der Waals surface area contributed by atoms with E-state index in [1.54, 1.807) is 17.8 Å². The highest BCUT2D eigenvalue weighted by molar-refractivity contribution is 7.98. The highest BCUT2D eigenvalue weighted by atomic mass is 32.2. The number of anilines is 1. The Labute approximate surface area is 157 Å². The number of amides is 1. The molecule has 0 saturated heterocycles. The number of carbonyl (C=O) groups excluding carboxylic acids is 1. The van der Waals surface area contributed by atoms with Crippen LogP contribution in [0.25, 0.3) is 0 Å². The molecular weight excluding hydrogens is 379 g/mol. The van der Waals surface area contributed by atoms with Gasteiger partial charge in [-0.25, -0.2) is 0 Å². The molecule has 1 heterocycles. The summed E-state index contributed by atoms with van der Waals surface area (Å²) >= 11 is 1.56. The molecule has 2 aromatic carbocycles. The highest BCUT2D eigenvalue weighted by Gasteiger charge is 2.31. The lowest BCUT2D eigenvalue weighted by atomic mass is 10.2. The van der Waals surface area contributed by atoms with E-state index in [4.69, 9.17) is 4.42 Å². The summed E-state index contributed by atoms with van der Waals surface area (Å²) in [5.41, 5.74) is 1.05. The normalized spacial score (nSPS) is 11.2. The van der Waals surface area contributed by atoms with Gasteiger partial charge < -0.3 is 14.5 Å². The number of carbonyl (C=O) groups is 1. The number of rotatable bonds is 6. The minimum atomic E-state index is -4.76. The second kappa shape index (κ2) is 8.22. The van der Waals surface area contributed by atoms with E-state index in [0.29, 0.717) is 11.4 Å². The Morgan fingerprint density at radius 3 is 2.41 bits per heavy atom. The van der Waals surface area contributed by atoms with Crippen LogP contribution in [-0.4, -0.2) is 12.3 Å². The van der Waals surface area contributed by atoms with E-state index in [2.05, 4.69) is 10.1 Å². The topological polar surface area (TPSA) is 51.5 Å². The Balaban J connectivity index is 1.62. The zero-order valence-electron chi connectivity index (χ0n) is 13.8. The summed E-state index contributed by atoms with van der Waals surface area (Å²) in [6.45, 7) is 0. The molecule has 27 heavy (non-hydrogen) atoms. The third kappa shape index (κ3) is 5.55. The zero-order chi connectivity index (χ0) is 19.3. The van der Waals surface area contributed by atoms with Gasteiger partial charge in [0.25, 0.3) is 5.91 Å². The summed E-state index contributed by atoms with van der Waals surface area (Å²) in [6.07, 6.45) is -3.33. The fourth-order valence-electron chi connectivity index (χ4n) is 2.25. The highest BCUT2D eigenvalue weighted by Crippen LogP contribution is 2.26. The molecular formula is C19H14F3NO3S. The molecule has 0 aliphatic heterocycles. The minimum absolute atomic E-state index is 0.161. The van der Waals surface area contributed by atoms with E-state index in [-0.39, 0.29) is 11.5 Å². The van der Waals surface area contributed by atoms with Crippen LogP contribution < -0.4 is 10.1 Å². The van der Waals surface area contributed by atoms with Crippen molar-refractivity contribution >= 4 is 23.4 Å². The predicted octanol–water partition coefficient (Wildman–Crippen LogP) is 5.72. The zero-order valence-corrected chi connectivity index (χ0v) is 14.6.